The summed E-state index contributed by atoms with van der Waals surface area (Å²) in [7, 11) is 0. The molecule has 2 aromatic rings. The molecule has 1 aromatic heterocycles. The third kappa shape index (κ3) is 6.31. The van der Waals surface area contributed by atoms with Crippen molar-refractivity contribution in [2.75, 3.05) is 19.7 Å². The van der Waals surface area contributed by atoms with Gasteiger partial charge in [0.05, 0.1) is 25.9 Å². The zero-order valence-electron chi connectivity index (χ0n) is 16.7. The highest BCUT2D eigenvalue weighted by Crippen LogP contribution is 2.30. The van der Waals surface area contributed by atoms with Crippen molar-refractivity contribution in [2.45, 2.75) is 46.7 Å². The molecule has 1 saturated carbocycles. The summed E-state index contributed by atoms with van der Waals surface area (Å²) in [6, 6.07) is 6.36. The molecule has 0 radical (unpaired) electrons. The largest absolute Gasteiger partial charge is 0.493 e. The Hall–Kier alpha value is -2.50. The lowest BCUT2D eigenvalue weighted by Crippen LogP contribution is -2.38. The lowest BCUT2D eigenvalue weighted by molar-refractivity contribution is 0.296. The van der Waals surface area contributed by atoms with Crippen LogP contribution in [0.25, 0.3) is 0 Å². The molecule has 6 nitrogen and oxygen atoms in total. The van der Waals surface area contributed by atoms with E-state index in [-0.39, 0.29) is 0 Å². The first-order valence-electron chi connectivity index (χ1n) is 9.87. The maximum atomic E-state index is 6.05. The predicted octanol–water partition coefficient (Wildman–Crippen LogP) is 3.04. The van der Waals surface area contributed by atoms with E-state index in [1.807, 2.05) is 24.0 Å². The van der Waals surface area contributed by atoms with Crippen LogP contribution in [0.1, 0.15) is 36.5 Å². The highest BCUT2D eigenvalue weighted by Gasteiger charge is 2.22. The van der Waals surface area contributed by atoms with Gasteiger partial charge in [0.25, 0.3) is 0 Å². The van der Waals surface area contributed by atoms with Gasteiger partial charge in [-0.1, -0.05) is 12.1 Å². The number of rotatable bonds is 9. The Labute approximate surface area is 162 Å². The molecule has 0 amide bonds. The molecule has 1 heterocycles. The molecule has 1 aliphatic rings. The number of aromatic nitrogens is 2. The Morgan fingerprint density at radius 3 is 2.81 bits per heavy atom. The molecule has 0 spiro atoms. The van der Waals surface area contributed by atoms with Crippen LogP contribution < -0.4 is 15.4 Å². The summed E-state index contributed by atoms with van der Waals surface area (Å²) in [6.07, 6.45) is 6.51. The van der Waals surface area contributed by atoms with Crippen molar-refractivity contribution < 1.29 is 4.74 Å². The summed E-state index contributed by atoms with van der Waals surface area (Å²) >= 11 is 0. The summed E-state index contributed by atoms with van der Waals surface area (Å²) in [4.78, 5) is 4.74. The minimum Gasteiger partial charge on any atom is -0.493 e. The van der Waals surface area contributed by atoms with Gasteiger partial charge in [-0.15, -0.1) is 0 Å². The zero-order valence-corrected chi connectivity index (χ0v) is 16.7. The van der Waals surface area contributed by atoms with Gasteiger partial charge in [0.1, 0.15) is 5.75 Å². The van der Waals surface area contributed by atoms with Crippen molar-refractivity contribution in [2.24, 2.45) is 10.9 Å². The molecule has 0 saturated heterocycles. The maximum Gasteiger partial charge on any atom is 0.191 e. The van der Waals surface area contributed by atoms with Crippen LogP contribution in [-0.2, 0) is 13.1 Å². The van der Waals surface area contributed by atoms with Gasteiger partial charge < -0.3 is 15.4 Å². The van der Waals surface area contributed by atoms with Crippen LogP contribution in [0, 0.1) is 19.8 Å². The Morgan fingerprint density at radius 1 is 1.26 bits per heavy atom. The average molecular weight is 370 g/mol. The van der Waals surface area contributed by atoms with Crippen molar-refractivity contribution >= 4 is 5.96 Å². The highest BCUT2D eigenvalue weighted by atomic mass is 16.5. The fourth-order valence-electron chi connectivity index (χ4n) is 2.80. The number of hydrogen-bond donors (Lipinski definition) is 2. The number of hydrogen-bond acceptors (Lipinski definition) is 3. The highest BCUT2D eigenvalue weighted by molar-refractivity contribution is 5.79. The number of guanidine groups is 1. The smallest absolute Gasteiger partial charge is 0.191 e. The molecular formula is C21H31N5O. The van der Waals surface area contributed by atoms with Crippen LogP contribution in [0.4, 0.5) is 0 Å². The lowest BCUT2D eigenvalue weighted by atomic mass is 10.1. The number of nitrogens with one attached hydrogen (secondary N) is 2. The van der Waals surface area contributed by atoms with Gasteiger partial charge in [-0.05, 0) is 56.7 Å². The maximum absolute atomic E-state index is 6.05. The van der Waals surface area contributed by atoms with Crippen molar-refractivity contribution in [3.05, 3.63) is 47.3 Å². The van der Waals surface area contributed by atoms with Crippen LogP contribution in [-0.4, -0.2) is 35.4 Å². The first kappa shape index (κ1) is 19.3. The first-order chi connectivity index (χ1) is 13.1. The first-order valence-corrected chi connectivity index (χ1v) is 9.87. The van der Waals surface area contributed by atoms with Gasteiger partial charge >= 0.3 is 0 Å². The molecule has 27 heavy (non-hydrogen) atoms. The van der Waals surface area contributed by atoms with Crippen LogP contribution in [0.3, 0.4) is 0 Å². The number of aliphatic imine (C=N–C) groups is 1. The number of benzene rings is 1. The van der Waals surface area contributed by atoms with E-state index in [2.05, 4.69) is 47.8 Å². The third-order valence-corrected chi connectivity index (χ3v) is 4.54. The molecule has 3 rings (SSSR count). The van der Waals surface area contributed by atoms with E-state index in [9.17, 15) is 0 Å². The number of aryl methyl sites for hydroxylation is 2. The second-order valence-electron chi connectivity index (χ2n) is 7.27. The van der Waals surface area contributed by atoms with Crippen LogP contribution in [0.5, 0.6) is 5.75 Å². The minimum atomic E-state index is 0.594. The van der Waals surface area contributed by atoms with E-state index in [1.165, 1.54) is 24.0 Å². The van der Waals surface area contributed by atoms with Crippen molar-refractivity contribution in [3.63, 3.8) is 0 Å². The molecule has 0 atom stereocenters. The van der Waals surface area contributed by atoms with E-state index < -0.39 is 0 Å². The molecule has 0 bridgehead atoms. The van der Waals surface area contributed by atoms with Gasteiger partial charge in [0, 0.05) is 24.8 Å². The Balaban J connectivity index is 1.58. The molecule has 146 valence electrons. The molecular weight excluding hydrogens is 338 g/mol. The van der Waals surface area contributed by atoms with E-state index in [1.54, 1.807) is 0 Å². The van der Waals surface area contributed by atoms with Crippen LogP contribution in [0.2, 0.25) is 0 Å². The van der Waals surface area contributed by atoms with Gasteiger partial charge in [-0.3, -0.25) is 4.68 Å². The van der Waals surface area contributed by atoms with Crippen molar-refractivity contribution in [1.82, 2.24) is 20.4 Å². The fraction of sp³-hybridized carbons (Fsp3) is 0.524. The molecule has 0 unspecified atom stereocenters. The topological polar surface area (TPSA) is 63.5 Å². The second kappa shape index (κ2) is 9.44. The average Bonchev–Trinajstić information content (AvgIpc) is 3.39. The molecule has 1 fully saturated rings. The van der Waals surface area contributed by atoms with Crippen LogP contribution >= 0.6 is 0 Å². The Morgan fingerprint density at radius 2 is 2.11 bits per heavy atom. The summed E-state index contributed by atoms with van der Waals surface area (Å²) in [6.45, 7) is 10.0. The summed E-state index contributed by atoms with van der Waals surface area (Å²) < 4.78 is 7.99. The van der Waals surface area contributed by atoms with Crippen LogP contribution in [0.15, 0.2) is 35.6 Å². The van der Waals surface area contributed by atoms with Gasteiger partial charge in [0.2, 0.25) is 0 Å². The summed E-state index contributed by atoms with van der Waals surface area (Å²) in [5, 5.41) is 11.0. The van der Waals surface area contributed by atoms with E-state index in [0.717, 1.165) is 49.4 Å². The minimum absolute atomic E-state index is 0.594. The zero-order chi connectivity index (χ0) is 19.1. The number of ether oxygens (including phenoxy) is 1. The van der Waals surface area contributed by atoms with Crippen molar-refractivity contribution in [3.8, 4) is 5.75 Å². The lowest BCUT2D eigenvalue weighted by Gasteiger charge is -2.13. The van der Waals surface area contributed by atoms with E-state index in [0.29, 0.717) is 6.54 Å². The van der Waals surface area contributed by atoms with Gasteiger partial charge in [-0.25, -0.2) is 4.99 Å². The molecule has 6 heteroatoms. The SMILES string of the molecule is CCNC(=NCc1ccc(C)cc1OCC1CC1)NCCn1cc(C)cn1. The molecule has 0 aliphatic heterocycles. The third-order valence-electron chi connectivity index (χ3n) is 4.54. The predicted molar refractivity (Wildman–Crippen MR) is 109 cm³/mol. The number of nitrogens with zero attached hydrogens (tertiary/aromatic N) is 3. The summed E-state index contributed by atoms with van der Waals surface area (Å²) in [5.41, 5.74) is 3.52. The van der Waals surface area contributed by atoms with Crippen molar-refractivity contribution in [1.29, 1.82) is 0 Å². The second-order valence-corrected chi connectivity index (χ2v) is 7.27. The molecule has 1 aromatic carbocycles. The van der Waals surface area contributed by atoms with Gasteiger partial charge in [0.15, 0.2) is 5.96 Å². The van der Waals surface area contributed by atoms with E-state index >= 15 is 0 Å². The Kier molecular flexibility index (Phi) is 6.74. The normalized spacial score (nSPS) is 14.3. The van der Waals surface area contributed by atoms with E-state index in [4.69, 9.17) is 9.73 Å². The monoisotopic (exact) mass is 369 g/mol. The molecule has 1 aliphatic carbocycles. The summed E-state index contributed by atoms with van der Waals surface area (Å²) in [5.74, 6) is 2.52. The fourth-order valence-corrected chi connectivity index (χ4v) is 2.80. The Bertz CT molecular complexity index is 764. The standard InChI is InChI=1S/C21H31N5O/c1-4-22-21(23-9-10-26-14-17(3)12-25-26)24-13-19-8-5-16(2)11-20(19)27-15-18-6-7-18/h5,8,11-12,14,18H,4,6-7,9-10,13,15H2,1-3H3,(H2,22,23,24). The van der Waals surface area contributed by atoms with Gasteiger partial charge in [-0.2, -0.15) is 5.10 Å². The quantitative estimate of drug-likeness (QED) is 0.527. The molecule has 2 N–H and O–H groups in total.